The second kappa shape index (κ2) is 8.55. The van der Waals surface area contributed by atoms with Gasteiger partial charge in [-0.1, -0.05) is 43.3 Å². The zero-order chi connectivity index (χ0) is 14.9. The Morgan fingerprint density at radius 3 is 2.48 bits per heavy atom. The minimum Gasteiger partial charge on any atom is -0.395 e. The average molecular weight is 284 g/mol. The molecule has 0 saturated carbocycles. The normalized spacial score (nSPS) is 12.5. The van der Waals surface area contributed by atoms with Crippen LogP contribution in [0.15, 0.2) is 54.7 Å². The molecule has 112 valence electrons. The molecule has 0 saturated heterocycles. The monoisotopic (exact) mass is 284 g/mol. The van der Waals surface area contributed by atoms with Crippen LogP contribution in [0.5, 0.6) is 0 Å². The van der Waals surface area contributed by atoms with Crippen LogP contribution in [0.4, 0.5) is 0 Å². The molecule has 0 fully saturated rings. The highest BCUT2D eigenvalue weighted by molar-refractivity contribution is 5.15. The molecule has 1 aromatic heterocycles. The van der Waals surface area contributed by atoms with Gasteiger partial charge in [-0.2, -0.15) is 0 Å². The van der Waals surface area contributed by atoms with Gasteiger partial charge >= 0.3 is 0 Å². The van der Waals surface area contributed by atoms with Gasteiger partial charge in [-0.15, -0.1) is 0 Å². The summed E-state index contributed by atoms with van der Waals surface area (Å²) in [4.78, 5) is 6.73. The summed E-state index contributed by atoms with van der Waals surface area (Å²) in [5.74, 6) is 0. The first-order valence-corrected chi connectivity index (χ1v) is 7.62. The van der Waals surface area contributed by atoms with E-state index in [-0.39, 0.29) is 12.6 Å². The standard InChI is InChI=1S/C18H24N2O/c1-2-18(15-21)20(14-17-10-6-7-12-19-17)13-11-16-8-4-3-5-9-16/h3-10,12,18,21H,2,11,13-15H2,1H3/t18-/m1/s1. The summed E-state index contributed by atoms with van der Waals surface area (Å²) in [6.45, 7) is 4.03. The van der Waals surface area contributed by atoms with E-state index in [4.69, 9.17) is 0 Å². The molecule has 0 aliphatic rings. The number of aromatic nitrogens is 1. The van der Waals surface area contributed by atoms with Gasteiger partial charge in [0.15, 0.2) is 0 Å². The van der Waals surface area contributed by atoms with Crippen molar-refractivity contribution >= 4 is 0 Å². The smallest absolute Gasteiger partial charge is 0.0586 e. The van der Waals surface area contributed by atoms with Crippen molar-refractivity contribution in [2.75, 3.05) is 13.2 Å². The molecule has 0 spiro atoms. The molecule has 0 unspecified atom stereocenters. The minimum atomic E-state index is 0.190. The number of pyridine rings is 1. The van der Waals surface area contributed by atoms with E-state index >= 15 is 0 Å². The molecule has 2 rings (SSSR count). The highest BCUT2D eigenvalue weighted by atomic mass is 16.3. The van der Waals surface area contributed by atoms with Crippen LogP contribution >= 0.6 is 0 Å². The van der Waals surface area contributed by atoms with E-state index in [9.17, 15) is 5.11 Å². The van der Waals surface area contributed by atoms with E-state index in [1.165, 1.54) is 5.56 Å². The summed E-state index contributed by atoms with van der Waals surface area (Å²) in [7, 11) is 0. The van der Waals surface area contributed by atoms with Gasteiger partial charge in [0.05, 0.1) is 12.3 Å². The summed E-state index contributed by atoms with van der Waals surface area (Å²) < 4.78 is 0. The van der Waals surface area contributed by atoms with Crippen LogP contribution in [0.3, 0.4) is 0 Å². The Labute approximate surface area is 127 Å². The quantitative estimate of drug-likeness (QED) is 0.809. The molecule has 1 heterocycles. The maximum atomic E-state index is 9.61. The van der Waals surface area contributed by atoms with Crippen molar-refractivity contribution in [1.82, 2.24) is 9.88 Å². The lowest BCUT2D eigenvalue weighted by atomic mass is 10.1. The maximum absolute atomic E-state index is 9.61. The van der Waals surface area contributed by atoms with Gasteiger partial charge in [0, 0.05) is 25.3 Å². The Kier molecular flexibility index (Phi) is 6.38. The largest absolute Gasteiger partial charge is 0.395 e. The molecular weight excluding hydrogens is 260 g/mol. The lowest BCUT2D eigenvalue weighted by molar-refractivity contribution is 0.113. The fourth-order valence-corrected chi connectivity index (χ4v) is 2.51. The van der Waals surface area contributed by atoms with Crippen LogP contribution in [-0.4, -0.2) is 34.2 Å². The molecule has 0 bridgehead atoms. The van der Waals surface area contributed by atoms with Crippen LogP contribution in [0.2, 0.25) is 0 Å². The van der Waals surface area contributed by atoms with Crippen molar-refractivity contribution in [3.05, 3.63) is 66.0 Å². The maximum Gasteiger partial charge on any atom is 0.0586 e. The summed E-state index contributed by atoms with van der Waals surface area (Å²) in [6, 6.07) is 16.7. The highest BCUT2D eigenvalue weighted by Crippen LogP contribution is 2.11. The number of hydrogen-bond acceptors (Lipinski definition) is 3. The molecule has 0 radical (unpaired) electrons. The van der Waals surface area contributed by atoms with Gasteiger partial charge in [0.1, 0.15) is 0 Å². The van der Waals surface area contributed by atoms with Gasteiger partial charge in [0.25, 0.3) is 0 Å². The van der Waals surface area contributed by atoms with E-state index in [0.717, 1.165) is 31.6 Å². The summed E-state index contributed by atoms with van der Waals surface area (Å²) >= 11 is 0. The number of aliphatic hydroxyl groups excluding tert-OH is 1. The van der Waals surface area contributed by atoms with E-state index < -0.39 is 0 Å². The topological polar surface area (TPSA) is 36.4 Å². The molecule has 3 heteroatoms. The van der Waals surface area contributed by atoms with E-state index in [2.05, 4.69) is 41.1 Å². The fourth-order valence-electron chi connectivity index (χ4n) is 2.51. The summed E-state index contributed by atoms with van der Waals surface area (Å²) in [5, 5.41) is 9.61. The Morgan fingerprint density at radius 1 is 1.10 bits per heavy atom. The van der Waals surface area contributed by atoms with Gasteiger partial charge in [-0.25, -0.2) is 0 Å². The lowest BCUT2D eigenvalue weighted by Gasteiger charge is -2.29. The number of hydrogen-bond donors (Lipinski definition) is 1. The number of benzene rings is 1. The summed E-state index contributed by atoms with van der Waals surface area (Å²) in [6.07, 6.45) is 3.76. The Balaban J connectivity index is 2.01. The molecule has 0 amide bonds. The predicted molar refractivity (Wildman–Crippen MR) is 86.0 cm³/mol. The van der Waals surface area contributed by atoms with Gasteiger partial charge in [-0.3, -0.25) is 9.88 Å². The van der Waals surface area contributed by atoms with Gasteiger partial charge in [-0.05, 0) is 30.5 Å². The molecule has 1 atom stereocenters. The highest BCUT2D eigenvalue weighted by Gasteiger charge is 2.16. The lowest BCUT2D eigenvalue weighted by Crippen LogP contribution is -2.38. The van der Waals surface area contributed by atoms with Crippen molar-refractivity contribution in [2.45, 2.75) is 32.4 Å². The molecular formula is C18H24N2O. The van der Waals surface area contributed by atoms with Crippen LogP contribution in [0.1, 0.15) is 24.6 Å². The fraction of sp³-hybridized carbons (Fsp3) is 0.389. The van der Waals surface area contributed by atoms with Crippen molar-refractivity contribution in [3.63, 3.8) is 0 Å². The minimum absolute atomic E-state index is 0.190. The van der Waals surface area contributed by atoms with Crippen molar-refractivity contribution in [2.24, 2.45) is 0 Å². The van der Waals surface area contributed by atoms with Crippen LogP contribution < -0.4 is 0 Å². The number of aliphatic hydroxyl groups is 1. The molecule has 0 aliphatic heterocycles. The molecule has 2 aromatic rings. The predicted octanol–water partition coefficient (Wildman–Crippen LogP) is 2.90. The zero-order valence-corrected chi connectivity index (χ0v) is 12.7. The molecule has 1 N–H and O–H groups in total. The average Bonchev–Trinajstić information content (AvgIpc) is 2.55. The zero-order valence-electron chi connectivity index (χ0n) is 12.7. The van der Waals surface area contributed by atoms with Crippen molar-refractivity contribution < 1.29 is 5.11 Å². The molecule has 1 aromatic carbocycles. The third-order valence-corrected chi connectivity index (χ3v) is 3.82. The molecule has 0 aliphatic carbocycles. The van der Waals surface area contributed by atoms with Crippen LogP contribution in [-0.2, 0) is 13.0 Å². The summed E-state index contributed by atoms with van der Waals surface area (Å²) in [5.41, 5.74) is 2.38. The Morgan fingerprint density at radius 2 is 1.86 bits per heavy atom. The third kappa shape index (κ3) is 4.96. The SMILES string of the molecule is CC[C@H](CO)N(CCc1ccccc1)Cc1ccccn1. The van der Waals surface area contributed by atoms with Crippen LogP contribution in [0, 0.1) is 0 Å². The second-order valence-corrected chi connectivity index (χ2v) is 5.27. The number of nitrogens with zero attached hydrogens (tertiary/aromatic N) is 2. The van der Waals surface area contributed by atoms with E-state index in [0.29, 0.717) is 0 Å². The molecule has 21 heavy (non-hydrogen) atoms. The Bertz CT molecular complexity index is 497. The molecule has 3 nitrogen and oxygen atoms in total. The van der Waals surface area contributed by atoms with Crippen molar-refractivity contribution in [3.8, 4) is 0 Å². The van der Waals surface area contributed by atoms with Gasteiger partial charge in [0.2, 0.25) is 0 Å². The first kappa shape index (κ1) is 15.7. The Hall–Kier alpha value is -1.71. The third-order valence-electron chi connectivity index (χ3n) is 3.82. The van der Waals surface area contributed by atoms with E-state index in [1.807, 2.05) is 30.5 Å². The van der Waals surface area contributed by atoms with E-state index in [1.54, 1.807) is 0 Å². The van der Waals surface area contributed by atoms with Crippen LogP contribution in [0.25, 0.3) is 0 Å². The first-order valence-electron chi connectivity index (χ1n) is 7.62. The second-order valence-electron chi connectivity index (χ2n) is 5.27. The van der Waals surface area contributed by atoms with Gasteiger partial charge < -0.3 is 5.11 Å². The number of rotatable bonds is 8. The first-order chi connectivity index (χ1) is 10.3. The van der Waals surface area contributed by atoms with Crippen molar-refractivity contribution in [1.29, 1.82) is 0 Å².